The molecule has 1 aliphatic carbocycles. The third kappa shape index (κ3) is 26.3. The summed E-state index contributed by atoms with van der Waals surface area (Å²) in [5, 5.41) is 117. The van der Waals surface area contributed by atoms with Crippen LogP contribution in [0.4, 0.5) is 0 Å². The van der Waals surface area contributed by atoms with Gasteiger partial charge in [-0.1, -0.05) is 154 Å². The van der Waals surface area contributed by atoms with E-state index in [2.05, 4.69) is 26.0 Å². The van der Waals surface area contributed by atoms with Gasteiger partial charge < -0.3 is 89.5 Å². The van der Waals surface area contributed by atoms with Crippen molar-refractivity contribution in [1.82, 2.24) is 0 Å². The molecule has 0 bridgehead atoms. The van der Waals surface area contributed by atoms with Crippen molar-refractivity contribution in [3.8, 4) is 0 Å². The Bertz CT molecular complexity index is 1630. The van der Waals surface area contributed by atoms with Crippen LogP contribution in [0.3, 0.4) is 0 Å². The number of allylic oxidation sites excluding steroid dienone is 2. The first-order chi connectivity index (χ1) is 37.9. The van der Waals surface area contributed by atoms with E-state index >= 15 is 0 Å². The Balaban J connectivity index is 1.71. The summed E-state index contributed by atoms with van der Waals surface area (Å²) in [4.78, 5) is 37.5. The van der Waals surface area contributed by atoms with E-state index in [0.717, 1.165) is 64.2 Å². The first kappa shape index (κ1) is 71.5. The SMILES string of the molecule is CCCCCCCC/C=C\CCCCCCCC(=O)O[C@H](COC(=O)CCCCCCCCCCCCCCC)COP(=O)(O)OC1C(O[C@@H]2OC(CO)[C@H](O)C(O)[C@@H]2O)C(O)C(O)C(O)[C@H]1O[C@H]1OC(CO)[C@@H](O)C(O)[C@H]1O. The maximum absolute atomic E-state index is 14.0. The van der Waals surface area contributed by atoms with E-state index in [0.29, 0.717) is 12.8 Å². The fourth-order valence-electron chi connectivity index (χ4n) is 9.88. The van der Waals surface area contributed by atoms with Crippen LogP contribution in [0.2, 0.25) is 0 Å². The van der Waals surface area contributed by atoms with Gasteiger partial charge in [0.15, 0.2) is 18.7 Å². The van der Waals surface area contributed by atoms with Gasteiger partial charge in [0.2, 0.25) is 0 Å². The molecule has 2 saturated heterocycles. The Morgan fingerprint density at radius 2 is 0.835 bits per heavy atom. The van der Waals surface area contributed by atoms with Gasteiger partial charge in [0.1, 0.15) is 92.1 Å². The second kappa shape index (κ2) is 40.5. The van der Waals surface area contributed by atoms with Crippen LogP contribution in [0, 0.1) is 0 Å². The fourth-order valence-corrected chi connectivity index (χ4v) is 10.8. The lowest BCUT2D eigenvalue weighted by molar-refractivity contribution is -0.360. The molecule has 3 fully saturated rings. The minimum Gasteiger partial charge on any atom is -0.462 e. The van der Waals surface area contributed by atoms with Crippen LogP contribution in [-0.2, 0) is 51.6 Å². The summed E-state index contributed by atoms with van der Waals surface area (Å²) in [6.45, 7) is 0.997. The van der Waals surface area contributed by atoms with Crippen LogP contribution in [0.15, 0.2) is 12.2 Å². The molecule has 23 nitrogen and oxygen atoms in total. The fraction of sp³-hybridized carbons (Fsp3) is 0.927. The summed E-state index contributed by atoms with van der Waals surface area (Å²) in [5.41, 5.74) is 0. The van der Waals surface area contributed by atoms with Gasteiger partial charge in [-0.2, -0.15) is 0 Å². The molecule has 3 rings (SSSR count). The van der Waals surface area contributed by atoms with E-state index in [1.165, 1.54) is 89.9 Å². The highest BCUT2D eigenvalue weighted by molar-refractivity contribution is 7.47. The van der Waals surface area contributed by atoms with E-state index in [9.17, 15) is 75.2 Å². The predicted octanol–water partition coefficient (Wildman–Crippen LogP) is 3.93. The largest absolute Gasteiger partial charge is 0.472 e. The number of aliphatic hydroxyl groups is 11. The standard InChI is InChI=1S/C55H101O23P/c1-3-5-7-9-11-13-15-17-18-20-22-24-26-28-30-32-41(59)73-37(35-71-40(58)31-29-27-25-23-21-19-16-14-12-10-8-6-4-2)36-72-79(69,70)78-53-51(76-54-49(67)44(62)42(60)38(33-56)74-54)47(65)46(64)48(66)52(53)77-55-50(68)45(63)43(61)39(34-57)75-55/h17-18,37-39,42-57,60-68H,3-16,19-36H2,1-2H3,(H,69,70)/b18-17-/t37-,38?,39?,42-,43+,44?,45?,46?,47?,48?,49-,50+,51-,52?,53?,54-,55+/m1/s1. The van der Waals surface area contributed by atoms with Gasteiger partial charge in [0, 0.05) is 12.8 Å². The average Bonchev–Trinajstić information content (AvgIpc) is 3.55. The lowest BCUT2D eigenvalue weighted by atomic mass is 9.84. The number of rotatable bonds is 43. The van der Waals surface area contributed by atoms with Gasteiger partial charge in [-0.3, -0.25) is 18.6 Å². The van der Waals surface area contributed by atoms with E-state index < -0.39 is 150 Å². The summed E-state index contributed by atoms with van der Waals surface area (Å²) in [6, 6.07) is 0. The Hall–Kier alpha value is -1.81. The molecule has 2 aliphatic heterocycles. The molecule has 0 aromatic heterocycles. The quantitative estimate of drug-likeness (QED) is 0.0178. The molecule has 0 amide bonds. The van der Waals surface area contributed by atoms with Crippen molar-refractivity contribution >= 4 is 19.8 Å². The topological polar surface area (TPSA) is 368 Å². The zero-order valence-corrected chi connectivity index (χ0v) is 47.8. The van der Waals surface area contributed by atoms with Crippen molar-refractivity contribution in [3.63, 3.8) is 0 Å². The highest BCUT2D eigenvalue weighted by atomic mass is 31.2. The zero-order valence-electron chi connectivity index (χ0n) is 46.9. The number of phosphoric acid groups is 1. The number of unbranched alkanes of at least 4 members (excludes halogenated alkanes) is 23. The van der Waals surface area contributed by atoms with Gasteiger partial charge in [-0.05, 0) is 38.5 Å². The monoisotopic (exact) mass is 1160 g/mol. The number of carbonyl (C=O) groups is 2. The van der Waals surface area contributed by atoms with Crippen molar-refractivity contribution in [2.75, 3.05) is 26.4 Å². The molecule has 3 aliphatic rings. The number of hydrogen-bond acceptors (Lipinski definition) is 22. The van der Waals surface area contributed by atoms with Gasteiger partial charge in [0.05, 0.1) is 19.8 Å². The van der Waals surface area contributed by atoms with Crippen LogP contribution >= 0.6 is 7.82 Å². The molecule has 0 aromatic carbocycles. The molecule has 0 spiro atoms. The maximum Gasteiger partial charge on any atom is 0.472 e. The van der Waals surface area contributed by atoms with Gasteiger partial charge in [-0.15, -0.1) is 0 Å². The molecular weight excluding hydrogens is 1060 g/mol. The predicted molar refractivity (Wildman–Crippen MR) is 287 cm³/mol. The summed E-state index contributed by atoms with van der Waals surface area (Å²) in [6.07, 6.45) is -2.33. The molecule has 79 heavy (non-hydrogen) atoms. The van der Waals surface area contributed by atoms with E-state index in [-0.39, 0.29) is 12.8 Å². The summed E-state index contributed by atoms with van der Waals surface area (Å²) in [5.74, 6) is -1.34. The Kier molecular flexibility index (Phi) is 36.6. The number of ether oxygens (including phenoxy) is 6. The van der Waals surface area contributed by atoms with Crippen LogP contribution in [0.1, 0.15) is 194 Å². The van der Waals surface area contributed by atoms with E-state index in [1.807, 2.05) is 0 Å². The second-order valence-corrected chi connectivity index (χ2v) is 22.9. The number of carbonyl (C=O) groups excluding carboxylic acids is 2. The third-order valence-corrected chi connectivity index (χ3v) is 15.8. The number of esters is 2. The van der Waals surface area contributed by atoms with Gasteiger partial charge >= 0.3 is 19.8 Å². The van der Waals surface area contributed by atoms with Gasteiger partial charge in [0.25, 0.3) is 0 Å². The highest BCUT2D eigenvalue weighted by Crippen LogP contribution is 2.49. The molecule has 0 radical (unpaired) electrons. The normalized spacial score (nSPS) is 31.5. The molecule has 12 N–H and O–H groups in total. The first-order valence-electron chi connectivity index (χ1n) is 29.5. The second-order valence-electron chi connectivity index (χ2n) is 21.5. The first-order valence-corrected chi connectivity index (χ1v) is 31.0. The minimum absolute atomic E-state index is 0.0387. The zero-order chi connectivity index (χ0) is 58.2. The van der Waals surface area contributed by atoms with Crippen LogP contribution in [0.25, 0.3) is 0 Å². The smallest absolute Gasteiger partial charge is 0.462 e. The lowest BCUT2D eigenvalue weighted by Crippen LogP contribution is -2.69. The minimum atomic E-state index is -5.63. The number of hydrogen-bond donors (Lipinski definition) is 12. The molecular formula is C55H101O23P. The average molecular weight is 1160 g/mol. The van der Waals surface area contributed by atoms with Crippen LogP contribution in [0.5, 0.6) is 0 Å². The van der Waals surface area contributed by atoms with Gasteiger partial charge in [-0.25, -0.2) is 4.57 Å². The van der Waals surface area contributed by atoms with Crippen molar-refractivity contribution in [1.29, 1.82) is 0 Å². The van der Waals surface area contributed by atoms with E-state index in [1.54, 1.807) is 0 Å². The molecule has 2 heterocycles. The third-order valence-electron chi connectivity index (χ3n) is 14.8. The van der Waals surface area contributed by atoms with Crippen LogP contribution in [-0.4, -0.2) is 204 Å². The van der Waals surface area contributed by atoms with Crippen molar-refractivity contribution in [2.45, 2.75) is 298 Å². The van der Waals surface area contributed by atoms with Crippen LogP contribution < -0.4 is 0 Å². The Morgan fingerprint density at radius 1 is 0.468 bits per heavy atom. The Morgan fingerprint density at radius 3 is 1.24 bits per heavy atom. The molecule has 24 heteroatoms. The summed E-state index contributed by atoms with van der Waals surface area (Å²) < 4.78 is 58.1. The molecule has 18 atom stereocenters. The van der Waals surface area contributed by atoms with E-state index in [4.69, 9.17) is 37.5 Å². The maximum atomic E-state index is 14.0. The van der Waals surface area contributed by atoms with Crippen molar-refractivity contribution in [3.05, 3.63) is 12.2 Å². The summed E-state index contributed by atoms with van der Waals surface area (Å²) >= 11 is 0. The number of aliphatic hydroxyl groups excluding tert-OH is 11. The van der Waals surface area contributed by atoms with Crippen molar-refractivity contribution < 1.29 is 113 Å². The summed E-state index contributed by atoms with van der Waals surface area (Å²) in [7, 11) is -5.63. The lowest BCUT2D eigenvalue weighted by Gasteiger charge is -2.49. The van der Waals surface area contributed by atoms with Crippen molar-refractivity contribution in [2.24, 2.45) is 0 Å². The molecule has 1 saturated carbocycles. The number of phosphoric ester groups is 1. The molecule has 464 valence electrons. The molecule has 0 aromatic rings. The highest BCUT2D eigenvalue weighted by Gasteiger charge is 2.58. The Labute approximate surface area is 467 Å². The molecule has 10 unspecified atom stereocenters.